The second kappa shape index (κ2) is 5.91. The summed E-state index contributed by atoms with van der Waals surface area (Å²) in [6, 6.07) is -0.0773. The minimum absolute atomic E-state index is 0.0395. The fraction of sp³-hybridized carbons (Fsp3) is 0.786. The number of hydrogen-bond donors (Lipinski definition) is 2. The quantitative estimate of drug-likeness (QED) is 0.770. The Labute approximate surface area is 124 Å². The van der Waals surface area contributed by atoms with E-state index in [0.29, 0.717) is 45.4 Å². The van der Waals surface area contributed by atoms with Gasteiger partial charge in [0.15, 0.2) is 0 Å². The lowest BCUT2D eigenvalue weighted by molar-refractivity contribution is -0.143. The Morgan fingerprint density at radius 2 is 1.76 bits per heavy atom. The zero-order valence-corrected chi connectivity index (χ0v) is 12.6. The van der Waals surface area contributed by atoms with Gasteiger partial charge in [0, 0.05) is 33.2 Å². The molecule has 2 rings (SSSR count). The Morgan fingerprint density at radius 3 is 2.29 bits per heavy atom. The number of nitrogens with zero attached hydrogens (tertiary/aromatic N) is 2. The highest BCUT2D eigenvalue weighted by molar-refractivity contribution is 5.84. The van der Waals surface area contributed by atoms with Crippen LogP contribution in [0.25, 0.3) is 0 Å². The van der Waals surface area contributed by atoms with Gasteiger partial charge in [-0.05, 0) is 26.2 Å². The van der Waals surface area contributed by atoms with Gasteiger partial charge in [0.1, 0.15) is 0 Å². The Morgan fingerprint density at radius 1 is 1.14 bits per heavy atom. The van der Waals surface area contributed by atoms with Crippen LogP contribution in [-0.2, 0) is 9.59 Å². The zero-order valence-electron chi connectivity index (χ0n) is 12.6. The maximum absolute atomic E-state index is 12.4. The molecule has 3 amide bonds. The Hall–Kier alpha value is -1.79. The van der Waals surface area contributed by atoms with Crippen molar-refractivity contribution in [1.29, 1.82) is 0 Å². The van der Waals surface area contributed by atoms with Crippen molar-refractivity contribution in [2.24, 2.45) is 11.3 Å². The largest absolute Gasteiger partial charge is 0.481 e. The second-order valence-corrected chi connectivity index (χ2v) is 6.19. The molecule has 2 saturated heterocycles. The number of rotatable bonds is 2. The first-order valence-electron chi connectivity index (χ1n) is 7.36. The van der Waals surface area contributed by atoms with E-state index in [0.717, 1.165) is 0 Å². The summed E-state index contributed by atoms with van der Waals surface area (Å²) in [6.07, 6.45) is 1.66. The summed E-state index contributed by atoms with van der Waals surface area (Å²) < 4.78 is 0. The molecule has 1 unspecified atom stereocenters. The predicted octanol–water partition coefficient (Wildman–Crippen LogP) is 0.361. The first kappa shape index (κ1) is 15.6. The molecule has 0 radical (unpaired) electrons. The average molecular weight is 297 g/mol. The standard InChI is InChI=1S/C14H23N3O4/c1-14(12(20)15-2)5-8-17(9-14)13(21)16-6-3-10(4-7-16)11(18)19/h10H,3-9H2,1-2H3,(H,15,20)(H,18,19). The van der Waals surface area contributed by atoms with E-state index in [9.17, 15) is 14.4 Å². The fourth-order valence-corrected chi connectivity index (χ4v) is 3.13. The molecule has 2 fully saturated rings. The van der Waals surface area contributed by atoms with E-state index < -0.39 is 11.4 Å². The molecule has 0 bridgehead atoms. The molecule has 0 saturated carbocycles. The highest BCUT2D eigenvalue weighted by atomic mass is 16.4. The van der Waals surface area contributed by atoms with Crippen LogP contribution in [0, 0.1) is 11.3 Å². The molecule has 0 aromatic rings. The lowest BCUT2D eigenvalue weighted by Crippen LogP contribution is -2.48. The third-order valence-corrected chi connectivity index (χ3v) is 4.63. The van der Waals surface area contributed by atoms with Gasteiger partial charge >= 0.3 is 12.0 Å². The molecule has 2 N–H and O–H groups in total. The van der Waals surface area contributed by atoms with Gasteiger partial charge in [-0.1, -0.05) is 0 Å². The molecule has 21 heavy (non-hydrogen) atoms. The van der Waals surface area contributed by atoms with Crippen LogP contribution in [0.3, 0.4) is 0 Å². The fourth-order valence-electron chi connectivity index (χ4n) is 3.13. The number of likely N-dealkylation sites (tertiary alicyclic amines) is 2. The highest BCUT2D eigenvalue weighted by Crippen LogP contribution is 2.31. The summed E-state index contributed by atoms with van der Waals surface area (Å²) in [5.41, 5.74) is -0.524. The lowest BCUT2D eigenvalue weighted by Gasteiger charge is -2.33. The Balaban J connectivity index is 1.91. The van der Waals surface area contributed by atoms with E-state index in [1.54, 1.807) is 16.8 Å². The molecule has 2 aliphatic heterocycles. The molecule has 0 aliphatic carbocycles. The van der Waals surface area contributed by atoms with E-state index in [-0.39, 0.29) is 17.9 Å². The molecule has 7 nitrogen and oxygen atoms in total. The lowest BCUT2D eigenvalue weighted by atomic mass is 9.89. The van der Waals surface area contributed by atoms with Crippen LogP contribution < -0.4 is 5.32 Å². The van der Waals surface area contributed by atoms with Crippen LogP contribution in [0.5, 0.6) is 0 Å². The van der Waals surface area contributed by atoms with Gasteiger partial charge < -0.3 is 20.2 Å². The molecule has 0 aromatic carbocycles. The summed E-state index contributed by atoms with van der Waals surface area (Å²) in [6.45, 7) is 3.81. The van der Waals surface area contributed by atoms with Crippen LogP contribution in [-0.4, -0.2) is 66.0 Å². The number of aliphatic carboxylic acids is 1. The van der Waals surface area contributed by atoms with Gasteiger partial charge in [0.2, 0.25) is 5.91 Å². The summed E-state index contributed by atoms with van der Waals surface area (Å²) >= 11 is 0. The van der Waals surface area contributed by atoms with Gasteiger partial charge in [-0.3, -0.25) is 9.59 Å². The van der Waals surface area contributed by atoms with Crippen molar-refractivity contribution in [3.63, 3.8) is 0 Å². The van der Waals surface area contributed by atoms with Crippen molar-refractivity contribution in [2.75, 3.05) is 33.2 Å². The van der Waals surface area contributed by atoms with Crippen molar-refractivity contribution in [3.05, 3.63) is 0 Å². The smallest absolute Gasteiger partial charge is 0.320 e. The third-order valence-electron chi connectivity index (χ3n) is 4.63. The average Bonchev–Trinajstić information content (AvgIpc) is 2.89. The van der Waals surface area contributed by atoms with Crippen LogP contribution >= 0.6 is 0 Å². The third kappa shape index (κ3) is 3.11. The van der Waals surface area contributed by atoms with Gasteiger partial charge in [-0.2, -0.15) is 0 Å². The highest BCUT2D eigenvalue weighted by Gasteiger charge is 2.42. The molecule has 2 aliphatic rings. The van der Waals surface area contributed by atoms with Crippen LogP contribution in [0.4, 0.5) is 4.79 Å². The minimum atomic E-state index is -0.782. The Bertz CT molecular complexity index is 446. The molecule has 1 atom stereocenters. The van der Waals surface area contributed by atoms with E-state index >= 15 is 0 Å². The van der Waals surface area contributed by atoms with Crippen LogP contribution in [0.1, 0.15) is 26.2 Å². The molecule has 118 valence electrons. The van der Waals surface area contributed by atoms with Gasteiger partial charge in [0.25, 0.3) is 0 Å². The summed E-state index contributed by atoms with van der Waals surface area (Å²) in [7, 11) is 1.61. The van der Waals surface area contributed by atoms with Crippen molar-refractivity contribution in [1.82, 2.24) is 15.1 Å². The van der Waals surface area contributed by atoms with E-state index in [1.807, 2.05) is 6.92 Å². The van der Waals surface area contributed by atoms with E-state index in [1.165, 1.54) is 0 Å². The number of amides is 3. The second-order valence-electron chi connectivity index (χ2n) is 6.19. The number of urea groups is 1. The van der Waals surface area contributed by atoms with Crippen molar-refractivity contribution < 1.29 is 19.5 Å². The van der Waals surface area contributed by atoms with Gasteiger partial charge in [-0.15, -0.1) is 0 Å². The first-order chi connectivity index (χ1) is 9.87. The predicted molar refractivity (Wildman–Crippen MR) is 75.7 cm³/mol. The van der Waals surface area contributed by atoms with Crippen LogP contribution in [0.15, 0.2) is 0 Å². The number of carbonyl (C=O) groups excluding carboxylic acids is 2. The number of nitrogens with one attached hydrogen (secondary N) is 1. The zero-order chi connectivity index (χ0) is 15.6. The number of carboxylic acids is 1. The number of hydrogen-bond acceptors (Lipinski definition) is 3. The summed E-state index contributed by atoms with van der Waals surface area (Å²) in [5.74, 6) is -1.17. The molecular formula is C14H23N3O4. The maximum atomic E-state index is 12.4. The van der Waals surface area contributed by atoms with Crippen molar-refractivity contribution >= 4 is 17.9 Å². The molecule has 0 aromatic heterocycles. The minimum Gasteiger partial charge on any atom is -0.481 e. The number of piperidine rings is 1. The SMILES string of the molecule is CNC(=O)C1(C)CCN(C(=O)N2CCC(C(=O)O)CC2)C1. The Kier molecular flexibility index (Phi) is 4.39. The first-order valence-corrected chi connectivity index (χ1v) is 7.36. The molecule has 2 heterocycles. The monoisotopic (exact) mass is 297 g/mol. The molecule has 7 heteroatoms. The topological polar surface area (TPSA) is 90.0 Å². The molecular weight excluding hydrogens is 274 g/mol. The van der Waals surface area contributed by atoms with Crippen molar-refractivity contribution in [2.45, 2.75) is 26.2 Å². The number of carboxylic acid groups (broad SMARTS) is 1. The van der Waals surface area contributed by atoms with Crippen molar-refractivity contribution in [3.8, 4) is 0 Å². The summed E-state index contributed by atoms with van der Waals surface area (Å²) in [5, 5.41) is 11.6. The number of carbonyl (C=O) groups is 3. The maximum Gasteiger partial charge on any atom is 0.320 e. The van der Waals surface area contributed by atoms with E-state index in [2.05, 4.69) is 5.32 Å². The van der Waals surface area contributed by atoms with E-state index in [4.69, 9.17) is 5.11 Å². The van der Waals surface area contributed by atoms with Crippen LogP contribution in [0.2, 0.25) is 0 Å². The molecule has 0 spiro atoms. The normalized spacial score (nSPS) is 26.8. The van der Waals surface area contributed by atoms with Gasteiger partial charge in [0.05, 0.1) is 11.3 Å². The van der Waals surface area contributed by atoms with Gasteiger partial charge in [-0.25, -0.2) is 4.79 Å². The summed E-state index contributed by atoms with van der Waals surface area (Å²) in [4.78, 5) is 38.6.